The van der Waals surface area contributed by atoms with Gasteiger partial charge in [0.25, 0.3) is 0 Å². The molecule has 1 N–H and O–H groups in total. The standard InChI is InChI=1S/C6H10N4O2/c1-7-4-5-3-6(10(11)12)9(2)8-5/h3,7H,4H2,1-2H3. The average molecular weight is 170 g/mol. The summed E-state index contributed by atoms with van der Waals surface area (Å²) in [5.41, 5.74) is 0.673. The minimum absolute atomic E-state index is 0.0141. The third-order valence-corrected chi connectivity index (χ3v) is 1.45. The molecule has 0 unspecified atom stereocenters. The van der Waals surface area contributed by atoms with Gasteiger partial charge in [0, 0.05) is 6.54 Å². The summed E-state index contributed by atoms with van der Waals surface area (Å²) in [6.45, 7) is 0.543. The number of hydrogen-bond acceptors (Lipinski definition) is 4. The number of nitrogens with zero attached hydrogens (tertiary/aromatic N) is 3. The lowest BCUT2D eigenvalue weighted by atomic mass is 10.4. The highest BCUT2D eigenvalue weighted by Crippen LogP contribution is 2.10. The van der Waals surface area contributed by atoms with Crippen molar-refractivity contribution in [3.8, 4) is 0 Å². The number of nitrogens with one attached hydrogen (secondary N) is 1. The Hall–Kier alpha value is -1.43. The van der Waals surface area contributed by atoms with Crippen LogP contribution >= 0.6 is 0 Å². The monoisotopic (exact) mass is 170 g/mol. The summed E-state index contributed by atoms with van der Waals surface area (Å²) in [5, 5.41) is 17.2. The van der Waals surface area contributed by atoms with Crippen LogP contribution in [-0.2, 0) is 13.6 Å². The van der Waals surface area contributed by atoms with Gasteiger partial charge in [-0.3, -0.25) is 0 Å². The van der Waals surface area contributed by atoms with Crippen LogP contribution in [0.4, 0.5) is 5.82 Å². The van der Waals surface area contributed by atoms with Gasteiger partial charge in [0.2, 0.25) is 0 Å². The van der Waals surface area contributed by atoms with Crippen LogP contribution < -0.4 is 5.32 Å². The minimum Gasteiger partial charge on any atom is -0.358 e. The van der Waals surface area contributed by atoms with Crippen molar-refractivity contribution in [1.29, 1.82) is 0 Å². The van der Waals surface area contributed by atoms with Crippen LogP contribution in [0.3, 0.4) is 0 Å². The SMILES string of the molecule is CNCc1cc([N+](=O)[O-])n(C)n1. The molecule has 1 rings (SSSR count). The van der Waals surface area contributed by atoms with Crippen molar-refractivity contribution in [2.75, 3.05) is 7.05 Å². The first-order valence-electron chi connectivity index (χ1n) is 3.47. The number of nitro groups is 1. The highest BCUT2D eigenvalue weighted by atomic mass is 16.6. The summed E-state index contributed by atoms with van der Waals surface area (Å²) < 4.78 is 1.26. The van der Waals surface area contributed by atoms with Gasteiger partial charge in [0.15, 0.2) is 0 Å². The predicted molar refractivity (Wildman–Crippen MR) is 42.6 cm³/mol. The molecular formula is C6H10N4O2. The van der Waals surface area contributed by atoms with Gasteiger partial charge >= 0.3 is 5.82 Å². The molecule has 0 spiro atoms. The highest BCUT2D eigenvalue weighted by molar-refractivity contribution is 5.22. The molecule has 0 bridgehead atoms. The summed E-state index contributed by atoms with van der Waals surface area (Å²) in [6, 6.07) is 1.45. The number of rotatable bonds is 3. The molecule has 0 atom stereocenters. The zero-order valence-electron chi connectivity index (χ0n) is 6.94. The van der Waals surface area contributed by atoms with E-state index in [1.165, 1.54) is 10.7 Å². The maximum atomic E-state index is 10.4. The summed E-state index contributed by atoms with van der Waals surface area (Å²) in [7, 11) is 3.32. The van der Waals surface area contributed by atoms with Crippen LogP contribution in [-0.4, -0.2) is 21.8 Å². The van der Waals surface area contributed by atoms with Gasteiger partial charge in [-0.15, -0.1) is 4.68 Å². The fraction of sp³-hybridized carbons (Fsp3) is 0.500. The number of aromatic nitrogens is 2. The van der Waals surface area contributed by atoms with Crippen LogP contribution in [0.1, 0.15) is 5.69 Å². The molecule has 0 aliphatic carbocycles. The summed E-state index contributed by atoms with van der Waals surface area (Å²) in [6.07, 6.45) is 0. The molecule has 6 heteroatoms. The zero-order valence-corrected chi connectivity index (χ0v) is 6.94. The molecule has 0 amide bonds. The fourth-order valence-electron chi connectivity index (χ4n) is 0.954. The van der Waals surface area contributed by atoms with Gasteiger partial charge in [-0.25, -0.2) is 0 Å². The lowest BCUT2D eigenvalue weighted by Gasteiger charge is -1.89. The highest BCUT2D eigenvalue weighted by Gasteiger charge is 2.13. The first kappa shape index (κ1) is 8.66. The Kier molecular flexibility index (Phi) is 2.39. The van der Waals surface area contributed by atoms with Gasteiger partial charge in [-0.2, -0.15) is 0 Å². The van der Waals surface area contributed by atoms with Crippen molar-refractivity contribution in [3.63, 3.8) is 0 Å². The van der Waals surface area contributed by atoms with E-state index in [1.54, 1.807) is 14.1 Å². The Morgan fingerprint density at radius 3 is 2.92 bits per heavy atom. The van der Waals surface area contributed by atoms with E-state index < -0.39 is 4.92 Å². The largest absolute Gasteiger partial charge is 0.358 e. The molecule has 0 fully saturated rings. The maximum absolute atomic E-state index is 10.4. The lowest BCUT2D eigenvalue weighted by Crippen LogP contribution is -2.05. The quantitative estimate of drug-likeness (QED) is 0.513. The van der Waals surface area contributed by atoms with Gasteiger partial charge in [0.05, 0.1) is 6.07 Å². The Morgan fingerprint density at radius 1 is 1.83 bits per heavy atom. The molecule has 0 aromatic carbocycles. The Morgan fingerprint density at radius 2 is 2.50 bits per heavy atom. The van der Waals surface area contributed by atoms with Crippen LogP contribution in [0.15, 0.2) is 6.07 Å². The molecule has 0 aliphatic rings. The summed E-state index contributed by atoms with van der Waals surface area (Å²) in [5.74, 6) is 0.0141. The van der Waals surface area contributed by atoms with E-state index >= 15 is 0 Å². The molecule has 0 aliphatic heterocycles. The van der Waals surface area contributed by atoms with E-state index in [4.69, 9.17) is 0 Å². The third-order valence-electron chi connectivity index (χ3n) is 1.45. The Balaban J connectivity index is 2.92. The minimum atomic E-state index is -0.452. The van der Waals surface area contributed by atoms with E-state index in [0.29, 0.717) is 12.2 Å². The van der Waals surface area contributed by atoms with E-state index in [9.17, 15) is 10.1 Å². The second kappa shape index (κ2) is 3.31. The van der Waals surface area contributed by atoms with Gasteiger partial charge in [0.1, 0.15) is 12.7 Å². The number of hydrogen-bond donors (Lipinski definition) is 1. The second-order valence-electron chi connectivity index (χ2n) is 2.40. The first-order chi connectivity index (χ1) is 5.65. The van der Waals surface area contributed by atoms with Crippen molar-refractivity contribution in [2.45, 2.75) is 6.54 Å². The number of aryl methyl sites for hydroxylation is 1. The lowest BCUT2D eigenvalue weighted by molar-refractivity contribution is -0.392. The zero-order chi connectivity index (χ0) is 9.14. The molecule has 0 radical (unpaired) electrons. The Bertz CT molecular complexity index is 294. The van der Waals surface area contributed by atoms with Crippen LogP contribution in [0, 0.1) is 10.1 Å². The van der Waals surface area contributed by atoms with Gasteiger partial charge in [-0.05, 0) is 12.0 Å². The molecule has 6 nitrogen and oxygen atoms in total. The van der Waals surface area contributed by atoms with Crippen LogP contribution in [0.25, 0.3) is 0 Å². The van der Waals surface area contributed by atoms with Gasteiger partial charge < -0.3 is 15.4 Å². The van der Waals surface area contributed by atoms with E-state index in [0.717, 1.165) is 0 Å². The molecule has 1 aromatic heterocycles. The van der Waals surface area contributed by atoms with Crippen LogP contribution in [0.5, 0.6) is 0 Å². The molecule has 66 valence electrons. The average Bonchev–Trinajstić information content (AvgIpc) is 2.32. The third kappa shape index (κ3) is 1.59. The molecule has 1 aromatic rings. The second-order valence-corrected chi connectivity index (χ2v) is 2.40. The molecule has 0 saturated carbocycles. The molecule has 1 heterocycles. The van der Waals surface area contributed by atoms with E-state index in [2.05, 4.69) is 10.4 Å². The normalized spacial score (nSPS) is 10.2. The first-order valence-corrected chi connectivity index (χ1v) is 3.47. The van der Waals surface area contributed by atoms with Crippen molar-refractivity contribution in [2.24, 2.45) is 7.05 Å². The van der Waals surface area contributed by atoms with Gasteiger partial charge in [-0.1, -0.05) is 5.10 Å². The van der Waals surface area contributed by atoms with E-state index in [1.807, 2.05) is 0 Å². The maximum Gasteiger partial charge on any atom is 0.344 e. The molecule has 12 heavy (non-hydrogen) atoms. The van der Waals surface area contributed by atoms with Crippen molar-refractivity contribution < 1.29 is 4.92 Å². The predicted octanol–water partition coefficient (Wildman–Crippen LogP) is 0.0477. The smallest absolute Gasteiger partial charge is 0.344 e. The molecule has 0 saturated heterocycles. The summed E-state index contributed by atoms with van der Waals surface area (Å²) in [4.78, 5) is 9.91. The topological polar surface area (TPSA) is 73.0 Å². The van der Waals surface area contributed by atoms with Crippen molar-refractivity contribution >= 4 is 5.82 Å². The molecular weight excluding hydrogens is 160 g/mol. The van der Waals surface area contributed by atoms with Crippen molar-refractivity contribution in [1.82, 2.24) is 15.1 Å². The summed E-state index contributed by atoms with van der Waals surface area (Å²) >= 11 is 0. The van der Waals surface area contributed by atoms with Crippen LogP contribution in [0.2, 0.25) is 0 Å². The van der Waals surface area contributed by atoms with Crippen molar-refractivity contribution in [3.05, 3.63) is 21.9 Å². The fourth-order valence-corrected chi connectivity index (χ4v) is 0.954. The Labute approximate surface area is 69.3 Å². The van der Waals surface area contributed by atoms with E-state index in [-0.39, 0.29) is 5.82 Å².